The summed E-state index contributed by atoms with van der Waals surface area (Å²) in [6, 6.07) is 4.79. The van der Waals surface area contributed by atoms with E-state index in [1.165, 1.54) is 10.7 Å². The van der Waals surface area contributed by atoms with Crippen molar-refractivity contribution in [2.45, 2.75) is 20.4 Å². The fourth-order valence-corrected chi connectivity index (χ4v) is 1.96. The van der Waals surface area contributed by atoms with E-state index >= 15 is 0 Å². The summed E-state index contributed by atoms with van der Waals surface area (Å²) in [5, 5.41) is 14.6. The summed E-state index contributed by atoms with van der Waals surface area (Å²) in [6.45, 7) is 5.59. The van der Waals surface area contributed by atoms with Crippen LogP contribution < -0.4 is 5.32 Å². The molecule has 0 amide bonds. The fourth-order valence-electron chi connectivity index (χ4n) is 1.63. The lowest BCUT2D eigenvalue weighted by molar-refractivity contribution is 0.534. The number of nitrogens with one attached hydrogen (secondary N) is 1. The number of hydrogen-bond acceptors (Lipinski definition) is 4. The second-order valence-corrected chi connectivity index (χ2v) is 5.54. The van der Waals surface area contributed by atoms with Crippen LogP contribution in [0.25, 0.3) is 5.69 Å². The molecular weight excluding hydrogens is 313 g/mol. The molecule has 0 saturated heterocycles. The van der Waals surface area contributed by atoms with Gasteiger partial charge in [-0.25, -0.2) is 4.39 Å². The lowest BCUT2D eigenvalue weighted by Crippen LogP contribution is -2.21. The average Bonchev–Trinajstić information content (AvgIpc) is 2.77. The summed E-state index contributed by atoms with van der Waals surface area (Å²) in [5.41, 5.74) is 0.342. The Kier molecular flexibility index (Phi) is 4.60. The maximum Gasteiger partial charge on any atom is 0.170 e. The molecule has 0 atom stereocenters. The summed E-state index contributed by atoms with van der Waals surface area (Å²) < 4.78 is 16.0. The number of benzene rings is 1. The third-order valence-electron chi connectivity index (χ3n) is 2.51. The number of rotatable bonds is 5. The van der Waals surface area contributed by atoms with Gasteiger partial charge in [0.25, 0.3) is 0 Å². The number of nitrogens with zero attached hydrogens (tertiary/aromatic N) is 4. The summed E-state index contributed by atoms with van der Waals surface area (Å²) in [4.78, 5) is 0. The molecule has 1 heterocycles. The van der Waals surface area contributed by atoms with Crippen molar-refractivity contribution < 1.29 is 4.39 Å². The van der Waals surface area contributed by atoms with Crippen LogP contribution in [0.3, 0.4) is 0 Å². The van der Waals surface area contributed by atoms with Crippen molar-refractivity contribution in [3.63, 3.8) is 0 Å². The average molecular weight is 328 g/mol. The molecule has 19 heavy (non-hydrogen) atoms. The molecule has 0 radical (unpaired) electrons. The van der Waals surface area contributed by atoms with E-state index in [0.717, 1.165) is 6.54 Å². The molecule has 1 aromatic carbocycles. The van der Waals surface area contributed by atoms with Crippen LogP contribution in [-0.4, -0.2) is 26.8 Å². The smallest absolute Gasteiger partial charge is 0.170 e. The number of halogens is 2. The van der Waals surface area contributed by atoms with Crippen molar-refractivity contribution >= 4 is 15.9 Å². The Balaban J connectivity index is 2.19. The summed E-state index contributed by atoms with van der Waals surface area (Å²) in [7, 11) is 0. The van der Waals surface area contributed by atoms with Crippen LogP contribution in [0.1, 0.15) is 19.7 Å². The molecule has 102 valence electrons. The third kappa shape index (κ3) is 3.57. The highest BCUT2D eigenvalue weighted by Gasteiger charge is 2.12. The van der Waals surface area contributed by atoms with E-state index in [2.05, 4.69) is 50.6 Å². The molecule has 0 aliphatic carbocycles. The topological polar surface area (TPSA) is 55.6 Å². The van der Waals surface area contributed by atoms with E-state index in [-0.39, 0.29) is 5.82 Å². The molecule has 0 bridgehead atoms. The van der Waals surface area contributed by atoms with Gasteiger partial charge in [0.15, 0.2) is 5.82 Å². The number of aromatic nitrogens is 4. The molecule has 7 heteroatoms. The third-order valence-corrected chi connectivity index (χ3v) is 3.00. The van der Waals surface area contributed by atoms with Crippen molar-refractivity contribution in [3.8, 4) is 5.69 Å². The molecule has 0 spiro atoms. The predicted octanol–water partition coefficient (Wildman–Crippen LogP) is 2.31. The van der Waals surface area contributed by atoms with Crippen LogP contribution in [0, 0.1) is 11.7 Å². The molecule has 1 N–H and O–H groups in total. The Morgan fingerprint density at radius 3 is 2.89 bits per heavy atom. The lowest BCUT2D eigenvalue weighted by atomic mass is 10.2. The minimum atomic E-state index is -0.369. The van der Waals surface area contributed by atoms with Crippen molar-refractivity contribution in [3.05, 3.63) is 34.3 Å². The monoisotopic (exact) mass is 327 g/mol. The van der Waals surface area contributed by atoms with Crippen LogP contribution in [0.2, 0.25) is 0 Å². The zero-order chi connectivity index (χ0) is 13.8. The van der Waals surface area contributed by atoms with Gasteiger partial charge in [-0.15, -0.1) is 5.10 Å². The first kappa shape index (κ1) is 14.1. The van der Waals surface area contributed by atoms with Gasteiger partial charge in [0.05, 0.1) is 6.54 Å². The maximum atomic E-state index is 13.9. The Morgan fingerprint density at radius 2 is 2.21 bits per heavy atom. The molecule has 1 aromatic heterocycles. The fraction of sp³-hybridized carbons (Fsp3) is 0.417. The van der Waals surface area contributed by atoms with E-state index in [1.807, 2.05) is 0 Å². The molecule has 0 saturated carbocycles. The van der Waals surface area contributed by atoms with Crippen LogP contribution >= 0.6 is 15.9 Å². The highest BCUT2D eigenvalue weighted by molar-refractivity contribution is 9.10. The lowest BCUT2D eigenvalue weighted by Gasteiger charge is -2.08. The van der Waals surface area contributed by atoms with Crippen molar-refractivity contribution in [1.82, 2.24) is 25.5 Å². The first-order valence-electron chi connectivity index (χ1n) is 6.01. The minimum Gasteiger partial charge on any atom is -0.310 e. The molecule has 0 unspecified atom stereocenters. The first-order chi connectivity index (χ1) is 9.08. The van der Waals surface area contributed by atoms with Crippen molar-refractivity contribution in [2.24, 2.45) is 5.92 Å². The van der Waals surface area contributed by atoms with Crippen LogP contribution in [0.5, 0.6) is 0 Å². The van der Waals surface area contributed by atoms with E-state index in [1.54, 1.807) is 12.1 Å². The highest BCUT2D eigenvalue weighted by Crippen LogP contribution is 2.18. The molecule has 5 nitrogen and oxygen atoms in total. The molecular formula is C12H15BrFN5. The second-order valence-electron chi connectivity index (χ2n) is 4.63. The maximum absolute atomic E-state index is 13.9. The second kappa shape index (κ2) is 6.21. The quantitative estimate of drug-likeness (QED) is 0.915. The molecule has 0 fully saturated rings. The standard InChI is InChI=1S/C12H15BrFN5/c1-8(2)6-15-7-12-16-17-18-19(12)11-4-3-9(13)5-10(11)14/h3-5,8,15H,6-7H2,1-2H3. The van der Waals surface area contributed by atoms with Gasteiger partial charge >= 0.3 is 0 Å². The Bertz CT molecular complexity index is 555. The van der Waals surface area contributed by atoms with Crippen LogP contribution in [-0.2, 0) is 6.54 Å². The molecule has 2 aromatic rings. The number of tetrazole rings is 1. The largest absolute Gasteiger partial charge is 0.310 e. The van der Waals surface area contributed by atoms with Gasteiger partial charge in [-0.2, -0.15) is 4.68 Å². The van der Waals surface area contributed by atoms with Crippen LogP contribution in [0.4, 0.5) is 4.39 Å². The zero-order valence-electron chi connectivity index (χ0n) is 10.8. The molecule has 2 rings (SSSR count). The summed E-state index contributed by atoms with van der Waals surface area (Å²) in [5.74, 6) is 0.752. The zero-order valence-corrected chi connectivity index (χ0v) is 12.4. The van der Waals surface area contributed by atoms with Crippen LogP contribution in [0.15, 0.2) is 22.7 Å². The van der Waals surface area contributed by atoms with Gasteiger partial charge in [0, 0.05) is 4.47 Å². The van der Waals surface area contributed by atoms with Gasteiger partial charge in [-0.05, 0) is 41.1 Å². The minimum absolute atomic E-state index is 0.342. The van der Waals surface area contributed by atoms with Gasteiger partial charge in [0.1, 0.15) is 11.5 Å². The van der Waals surface area contributed by atoms with Crippen molar-refractivity contribution in [1.29, 1.82) is 0 Å². The normalized spacial score (nSPS) is 11.2. The Hall–Kier alpha value is -1.34. The van der Waals surface area contributed by atoms with Gasteiger partial charge < -0.3 is 5.32 Å². The van der Waals surface area contributed by atoms with Crippen molar-refractivity contribution in [2.75, 3.05) is 6.54 Å². The first-order valence-corrected chi connectivity index (χ1v) is 6.80. The summed E-state index contributed by atoms with van der Waals surface area (Å²) in [6.07, 6.45) is 0. The number of hydrogen-bond donors (Lipinski definition) is 1. The van der Waals surface area contributed by atoms with Gasteiger partial charge in [-0.1, -0.05) is 29.8 Å². The summed E-state index contributed by atoms with van der Waals surface area (Å²) >= 11 is 3.22. The molecule has 0 aliphatic rings. The Morgan fingerprint density at radius 1 is 1.42 bits per heavy atom. The Labute approximate surface area is 119 Å². The van der Waals surface area contributed by atoms with E-state index in [0.29, 0.717) is 28.4 Å². The molecule has 0 aliphatic heterocycles. The SMILES string of the molecule is CC(C)CNCc1nnnn1-c1ccc(Br)cc1F. The van der Waals surface area contributed by atoms with Gasteiger partial charge in [-0.3, -0.25) is 0 Å². The van der Waals surface area contributed by atoms with Gasteiger partial charge in [0.2, 0.25) is 0 Å². The highest BCUT2D eigenvalue weighted by atomic mass is 79.9. The van der Waals surface area contributed by atoms with E-state index in [9.17, 15) is 4.39 Å². The van der Waals surface area contributed by atoms with E-state index in [4.69, 9.17) is 0 Å². The predicted molar refractivity (Wildman–Crippen MR) is 73.4 cm³/mol. The van der Waals surface area contributed by atoms with E-state index < -0.39 is 0 Å².